The van der Waals surface area contributed by atoms with Crippen LogP contribution in [0.4, 0.5) is 0 Å². The van der Waals surface area contributed by atoms with E-state index in [1.807, 2.05) is 13.8 Å². The molecule has 6 heteroatoms. The number of ether oxygens (including phenoxy) is 1. The molecule has 1 aliphatic rings. The van der Waals surface area contributed by atoms with Crippen molar-refractivity contribution in [2.24, 2.45) is 0 Å². The van der Waals surface area contributed by atoms with Gasteiger partial charge in [-0.05, 0) is 13.8 Å². The molecule has 2 atom stereocenters. The number of nitrogens with zero attached hydrogens (tertiary/aromatic N) is 2. The number of rotatable bonds is 3. The van der Waals surface area contributed by atoms with Gasteiger partial charge in [-0.25, -0.2) is 0 Å². The van der Waals surface area contributed by atoms with Gasteiger partial charge in [0.25, 0.3) is 5.91 Å². The maximum atomic E-state index is 12.2. The van der Waals surface area contributed by atoms with Gasteiger partial charge in [0.05, 0.1) is 24.5 Å². The number of likely N-dealkylation sites (N-methyl/N-ethyl adjacent to an activating group) is 1. The fraction of sp³-hybridized carbons (Fsp3) is 0.667. The topological polar surface area (TPSA) is 78.5 Å². The lowest BCUT2D eigenvalue weighted by Gasteiger charge is -2.25. The molecule has 1 aliphatic heterocycles. The van der Waals surface area contributed by atoms with Gasteiger partial charge in [-0.3, -0.25) is 9.89 Å². The molecule has 18 heavy (non-hydrogen) atoms. The fourth-order valence-corrected chi connectivity index (χ4v) is 2.28. The molecule has 0 fully saturated rings. The van der Waals surface area contributed by atoms with Crippen LogP contribution in [-0.2, 0) is 11.2 Å². The molecule has 6 nitrogen and oxygen atoms in total. The largest absolute Gasteiger partial charge is 0.395 e. The Morgan fingerprint density at radius 3 is 3.00 bits per heavy atom. The predicted molar refractivity (Wildman–Crippen MR) is 65.3 cm³/mol. The highest BCUT2D eigenvalue weighted by molar-refractivity contribution is 5.94. The van der Waals surface area contributed by atoms with Crippen molar-refractivity contribution in [3.8, 4) is 0 Å². The number of aliphatic hydroxyl groups excluding tert-OH is 1. The average Bonchev–Trinajstić information content (AvgIpc) is 2.72. The highest BCUT2D eigenvalue weighted by atomic mass is 16.5. The van der Waals surface area contributed by atoms with Crippen LogP contribution in [-0.4, -0.2) is 52.4 Å². The Bertz CT molecular complexity index is 444. The van der Waals surface area contributed by atoms with E-state index in [4.69, 9.17) is 9.84 Å². The summed E-state index contributed by atoms with van der Waals surface area (Å²) in [7, 11) is 1.66. The van der Waals surface area contributed by atoms with Crippen molar-refractivity contribution < 1.29 is 14.6 Å². The average molecular weight is 253 g/mol. The molecular formula is C12H19N3O3. The van der Waals surface area contributed by atoms with E-state index >= 15 is 0 Å². The van der Waals surface area contributed by atoms with E-state index in [2.05, 4.69) is 10.2 Å². The molecule has 1 aromatic heterocycles. The third-order valence-electron chi connectivity index (χ3n) is 3.22. The Labute approximate surface area is 106 Å². The lowest BCUT2D eigenvalue weighted by molar-refractivity contribution is -0.00701. The Hall–Kier alpha value is -1.40. The molecule has 2 heterocycles. The molecule has 0 saturated carbocycles. The van der Waals surface area contributed by atoms with Crippen molar-refractivity contribution >= 4 is 5.91 Å². The summed E-state index contributed by atoms with van der Waals surface area (Å²) in [4.78, 5) is 13.6. The van der Waals surface area contributed by atoms with Crippen LogP contribution >= 0.6 is 0 Å². The van der Waals surface area contributed by atoms with Crippen molar-refractivity contribution in [3.63, 3.8) is 0 Å². The summed E-state index contributed by atoms with van der Waals surface area (Å²) in [5, 5.41) is 15.9. The lowest BCUT2D eigenvalue weighted by Crippen LogP contribution is -2.31. The molecule has 0 unspecified atom stereocenters. The van der Waals surface area contributed by atoms with Crippen LogP contribution in [0.15, 0.2) is 0 Å². The van der Waals surface area contributed by atoms with E-state index in [1.54, 1.807) is 7.05 Å². The lowest BCUT2D eigenvalue weighted by atomic mass is 9.99. The van der Waals surface area contributed by atoms with Gasteiger partial charge in [0.2, 0.25) is 0 Å². The summed E-state index contributed by atoms with van der Waals surface area (Å²) < 4.78 is 5.68. The third kappa shape index (κ3) is 2.26. The third-order valence-corrected chi connectivity index (χ3v) is 3.22. The van der Waals surface area contributed by atoms with E-state index in [9.17, 15) is 4.79 Å². The fourth-order valence-electron chi connectivity index (χ4n) is 2.28. The number of hydrogen-bond donors (Lipinski definition) is 2. The smallest absolute Gasteiger partial charge is 0.274 e. The number of nitrogens with one attached hydrogen (secondary N) is 1. The summed E-state index contributed by atoms with van der Waals surface area (Å²) in [6.07, 6.45) is 0.699. The molecule has 0 radical (unpaired) electrons. The first kappa shape index (κ1) is 13.0. The Morgan fingerprint density at radius 2 is 2.33 bits per heavy atom. The molecule has 1 aromatic rings. The summed E-state index contributed by atoms with van der Waals surface area (Å²) in [5.41, 5.74) is 2.27. The summed E-state index contributed by atoms with van der Waals surface area (Å²) >= 11 is 0. The maximum Gasteiger partial charge on any atom is 0.274 e. The molecule has 0 aromatic carbocycles. The minimum Gasteiger partial charge on any atom is -0.395 e. The van der Waals surface area contributed by atoms with Crippen LogP contribution < -0.4 is 0 Å². The second kappa shape index (κ2) is 5.07. The first-order valence-corrected chi connectivity index (χ1v) is 6.13. The monoisotopic (exact) mass is 253 g/mol. The summed E-state index contributed by atoms with van der Waals surface area (Å²) in [5.74, 6) is -0.164. The van der Waals surface area contributed by atoms with Crippen molar-refractivity contribution in [1.29, 1.82) is 0 Å². The zero-order valence-electron chi connectivity index (χ0n) is 10.9. The zero-order valence-corrected chi connectivity index (χ0v) is 10.9. The van der Waals surface area contributed by atoms with Gasteiger partial charge in [0.15, 0.2) is 5.69 Å². The van der Waals surface area contributed by atoms with Gasteiger partial charge >= 0.3 is 0 Å². The molecule has 2 rings (SSSR count). The summed E-state index contributed by atoms with van der Waals surface area (Å²) in [6, 6.07) is 0. The number of aromatic nitrogens is 2. The predicted octanol–water partition coefficient (Wildman–Crippen LogP) is 0.496. The molecule has 2 N–H and O–H groups in total. The van der Waals surface area contributed by atoms with Crippen LogP contribution in [0, 0.1) is 0 Å². The van der Waals surface area contributed by atoms with E-state index in [0.29, 0.717) is 18.7 Å². The number of fused-ring (bicyclic) bond motifs is 1. The number of carbonyl (C=O) groups is 1. The quantitative estimate of drug-likeness (QED) is 0.822. The first-order valence-electron chi connectivity index (χ1n) is 6.13. The molecule has 0 saturated heterocycles. The molecular weight excluding hydrogens is 234 g/mol. The molecule has 0 aliphatic carbocycles. The highest BCUT2D eigenvalue weighted by Gasteiger charge is 2.30. The van der Waals surface area contributed by atoms with Crippen molar-refractivity contribution in [1.82, 2.24) is 15.1 Å². The van der Waals surface area contributed by atoms with Gasteiger partial charge in [0, 0.05) is 25.6 Å². The maximum absolute atomic E-state index is 12.2. The van der Waals surface area contributed by atoms with Gasteiger partial charge in [-0.15, -0.1) is 0 Å². The van der Waals surface area contributed by atoms with Crippen LogP contribution in [0.2, 0.25) is 0 Å². The Balaban J connectivity index is 2.28. The molecule has 100 valence electrons. The highest BCUT2D eigenvalue weighted by Crippen LogP contribution is 2.30. The van der Waals surface area contributed by atoms with E-state index < -0.39 is 0 Å². The molecule has 0 spiro atoms. The second-order valence-electron chi connectivity index (χ2n) is 4.71. The van der Waals surface area contributed by atoms with Crippen molar-refractivity contribution in [2.75, 3.05) is 20.2 Å². The minimum atomic E-state index is -0.164. The molecule has 1 amide bonds. The number of H-pyrrole nitrogens is 1. The molecule has 0 bridgehead atoms. The van der Waals surface area contributed by atoms with Crippen molar-refractivity contribution in [2.45, 2.75) is 32.5 Å². The van der Waals surface area contributed by atoms with Gasteiger partial charge < -0.3 is 14.7 Å². The van der Waals surface area contributed by atoms with Gasteiger partial charge in [-0.2, -0.15) is 5.10 Å². The number of aromatic amines is 1. The normalized spacial score (nSPS) is 22.7. The van der Waals surface area contributed by atoms with Crippen molar-refractivity contribution in [3.05, 3.63) is 17.0 Å². The first-order chi connectivity index (χ1) is 8.54. The van der Waals surface area contributed by atoms with E-state index in [0.717, 1.165) is 11.3 Å². The van der Waals surface area contributed by atoms with E-state index in [-0.39, 0.29) is 24.7 Å². The second-order valence-corrected chi connectivity index (χ2v) is 4.71. The van der Waals surface area contributed by atoms with Gasteiger partial charge in [0.1, 0.15) is 0 Å². The Morgan fingerprint density at radius 1 is 1.61 bits per heavy atom. The number of amides is 1. The zero-order chi connectivity index (χ0) is 13.3. The number of aliphatic hydroxyl groups is 1. The number of hydrogen-bond acceptors (Lipinski definition) is 4. The van der Waals surface area contributed by atoms with Crippen LogP contribution in [0.3, 0.4) is 0 Å². The standard InChI is InChI=1S/C12H19N3O3/c1-7-6-9-10(8(2)18-7)13-14-11(9)12(17)15(3)4-5-16/h7-8,16H,4-6H2,1-3H3,(H,13,14)/t7-,8+/m1/s1. The SMILES string of the molecule is C[C@@H]1Cc2c(C(=O)N(C)CCO)n[nH]c2[C@H](C)O1. The van der Waals surface area contributed by atoms with Gasteiger partial charge in [-0.1, -0.05) is 0 Å². The summed E-state index contributed by atoms with van der Waals surface area (Å²) in [6.45, 7) is 4.18. The van der Waals surface area contributed by atoms with Crippen LogP contribution in [0.5, 0.6) is 0 Å². The minimum absolute atomic E-state index is 0.0508. The Kier molecular flexibility index (Phi) is 3.68. The van der Waals surface area contributed by atoms with E-state index in [1.165, 1.54) is 4.90 Å². The van der Waals surface area contributed by atoms with Crippen LogP contribution in [0.1, 0.15) is 41.7 Å². The van der Waals surface area contributed by atoms with Crippen LogP contribution in [0.25, 0.3) is 0 Å². The number of carbonyl (C=O) groups excluding carboxylic acids is 1.